The molecule has 6 amide bonds. The highest BCUT2D eigenvalue weighted by Gasteiger charge is 2.30. The summed E-state index contributed by atoms with van der Waals surface area (Å²) in [5.41, 5.74) is 7.33. The number of rotatable bonds is 14. The molecule has 0 bridgehead atoms. The maximum Gasteiger partial charge on any atom is 0.319 e. The van der Waals surface area contributed by atoms with E-state index in [1.807, 2.05) is 42.5 Å². The highest BCUT2D eigenvalue weighted by atomic mass is 35.5. The molecular weight excluding hydrogens is 921 g/mol. The summed E-state index contributed by atoms with van der Waals surface area (Å²) in [6.07, 6.45) is 5.88. The van der Waals surface area contributed by atoms with Gasteiger partial charge in [0.1, 0.15) is 34.9 Å². The second-order valence-corrected chi connectivity index (χ2v) is 17.9. The number of anilines is 6. The van der Waals surface area contributed by atoms with E-state index in [0.717, 1.165) is 101 Å². The number of pyridine rings is 3. The minimum Gasteiger partial charge on any atom is -0.369 e. The van der Waals surface area contributed by atoms with Crippen LogP contribution in [0.2, 0.25) is 5.02 Å². The van der Waals surface area contributed by atoms with Crippen LogP contribution in [0.15, 0.2) is 97.1 Å². The first-order valence-electron chi connectivity index (χ1n) is 23.4. The van der Waals surface area contributed by atoms with Gasteiger partial charge in [-0.2, -0.15) is 0 Å². The molecule has 0 radical (unpaired) electrons. The Morgan fingerprint density at radius 2 is 1.09 bits per heavy atom. The molecule has 3 unspecified atom stereocenters. The number of carbonyl (C=O) groups excluding carboxylic acids is 3. The summed E-state index contributed by atoms with van der Waals surface area (Å²) in [4.78, 5) is 52.1. The maximum absolute atomic E-state index is 13.9. The fraction of sp³-hybridized carbons (Fsp3) is 0.294. The summed E-state index contributed by atoms with van der Waals surface area (Å²) in [5, 5.41) is 27.3. The Morgan fingerprint density at radius 1 is 0.571 bits per heavy atom. The highest BCUT2D eigenvalue weighted by Crippen LogP contribution is 2.34. The van der Waals surface area contributed by atoms with Crippen LogP contribution in [0.3, 0.4) is 0 Å². The molecule has 0 saturated carbocycles. The van der Waals surface area contributed by atoms with Crippen molar-refractivity contribution in [2.45, 2.75) is 69.4 Å². The predicted molar refractivity (Wildman–Crippen MR) is 265 cm³/mol. The van der Waals surface area contributed by atoms with E-state index in [1.165, 1.54) is 12.1 Å². The summed E-state index contributed by atoms with van der Waals surface area (Å²) in [5.74, 6) is 0.513. The average Bonchev–Trinajstić information content (AvgIpc) is 3.35. The molecule has 362 valence electrons. The van der Waals surface area contributed by atoms with E-state index in [9.17, 15) is 27.6 Å². The zero-order valence-electron chi connectivity index (χ0n) is 38.0. The predicted octanol–water partition coefficient (Wildman–Crippen LogP) is 8.94. The number of halogens is 4. The van der Waals surface area contributed by atoms with E-state index >= 15 is 0 Å². The first kappa shape index (κ1) is 47.5. The Kier molecular flexibility index (Phi) is 14.8. The SMILES string of the molecule is O=C(NCCc1ccc2c(n1)NCC(c1ccc(NC(=O)NCCc3ccc4c(n3)NC(C3CCc5ccc(CCNC(=O)Nc6ccccc6F)nc5N3)CC4)c(Cl)c1)C2)Nc1ccc(F)cc1F. The van der Waals surface area contributed by atoms with Gasteiger partial charge in [-0.3, -0.25) is 0 Å². The van der Waals surface area contributed by atoms with Crippen LogP contribution in [0, 0.1) is 17.5 Å². The summed E-state index contributed by atoms with van der Waals surface area (Å²) >= 11 is 6.70. The molecule has 3 aliphatic heterocycles. The zero-order valence-corrected chi connectivity index (χ0v) is 38.8. The normalized spacial score (nSPS) is 16.7. The van der Waals surface area contributed by atoms with Gasteiger partial charge in [0.2, 0.25) is 0 Å². The Morgan fingerprint density at radius 3 is 1.64 bits per heavy atom. The number of hydrogen-bond acceptors (Lipinski definition) is 9. The molecule has 0 saturated heterocycles. The van der Waals surface area contributed by atoms with Gasteiger partial charge in [-0.15, -0.1) is 0 Å². The van der Waals surface area contributed by atoms with Crippen molar-refractivity contribution >= 4 is 64.2 Å². The average molecular weight is 974 g/mol. The van der Waals surface area contributed by atoms with Gasteiger partial charge in [0, 0.05) is 86.6 Å². The topological polar surface area (TPSA) is 198 Å². The van der Waals surface area contributed by atoms with E-state index in [4.69, 9.17) is 26.6 Å². The first-order valence-corrected chi connectivity index (χ1v) is 23.7. The number of para-hydroxylation sites is 1. The molecule has 3 aromatic carbocycles. The molecule has 3 aliphatic rings. The molecule has 0 fully saturated rings. The van der Waals surface area contributed by atoms with Crippen molar-refractivity contribution < 1.29 is 27.6 Å². The summed E-state index contributed by atoms with van der Waals surface area (Å²) in [6, 6.07) is 25.5. The number of aryl methyl sites for hydroxylation is 2. The van der Waals surface area contributed by atoms with Crippen molar-refractivity contribution in [1.82, 2.24) is 30.9 Å². The van der Waals surface area contributed by atoms with E-state index in [-0.39, 0.29) is 42.0 Å². The molecule has 3 aromatic heterocycles. The lowest BCUT2D eigenvalue weighted by Gasteiger charge is -2.36. The summed E-state index contributed by atoms with van der Waals surface area (Å²) in [6.45, 7) is 1.59. The zero-order chi connectivity index (χ0) is 48.6. The van der Waals surface area contributed by atoms with Gasteiger partial charge in [-0.05, 0) is 109 Å². The smallest absolute Gasteiger partial charge is 0.319 e. The number of nitrogens with zero attached hydrogens (tertiary/aromatic N) is 3. The van der Waals surface area contributed by atoms with E-state index in [2.05, 4.69) is 60.0 Å². The standard InChI is InChI=1S/C51H52ClF3N12O3/c52-38-26-31(33-25-32-7-14-35(60-46(32)59-28-33)19-22-58-51(70)67-43-18-11-34(53)27-40(43)55)10-15-41(38)65-49(68)56-23-20-36-12-5-29-8-16-44(63-47(29)61-36)45-17-9-30-6-13-37(62-48(30)64-45)21-24-57-50(69)66-42-4-2-1-3-39(42)54/h1-7,10-15,18,26-27,33,44-45H,8-9,16-17,19-25,28H2,(H,59,60)(H,61,63)(H,62,64)(H2,56,65,68)(H2,57,66,69)(H2,58,67,70). The molecule has 0 aliphatic carbocycles. The van der Waals surface area contributed by atoms with Gasteiger partial charge >= 0.3 is 18.1 Å². The van der Waals surface area contributed by atoms with Gasteiger partial charge in [0.25, 0.3) is 0 Å². The van der Waals surface area contributed by atoms with Gasteiger partial charge in [0.15, 0.2) is 0 Å². The van der Waals surface area contributed by atoms with Crippen LogP contribution in [0.25, 0.3) is 0 Å². The fourth-order valence-electron chi connectivity index (χ4n) is 8.94. The van der Waals surface area contributed by atoms with E-state index in [0.29, 0.717) is 55.7 Å². The number of carbonyl (C=O) groups is 3. The van der Waals surface area contributed by atoms with Crippen LogP contribution < -0.4 is 47.9 Å². The molecule has 6 heterocycles. The van der Waals surface area contributed by atoms with Gasteiger partial charge < -0.3 is 47.9 Å². The largest absolute Gasteiger partial charge is 0.369 e. The summed E-state index contributed by atoms with van der Waals surface area (Å²) < 4.78 is 41.0. The molecule has 15 nitrogen and oxygen atoms in total. The Bertz CT molecular complexity index is 2910. The number of urea groups is 3. The fourth-order valence-corrected chi connectivity index (χ4v) is 9.18. The number of amides is 6. The second-order valence-electron chi connectivity index (χ2n) is 17.5. The molecular formula is C51H52ClF3N12O3. The minimum atomic E-state index is -0.857. The maximum atomic E-state index is 13.9. The molecule has 19 heteroatoms. The second kappa shape index (κ2) is 21.8. The lowest BCUT2D eigenvalue weighted by molar-refractivity contribution is 0.251. The number of hydrogen-bond donors (Lipinski definition) is 9. The third kappa shape index (κ3) is 12.0. The number of fused-ring (bicyclic) bond motifs is 3. The van der Waals surface area contributed by atoms with Crippen LogP contribution in [-0.4, -0.2) is 71.3 Å². The van der Waals surface area contributed by atoms with E-state index in [1.54, 1.807) is 12.1 Å². The van der Waals surface area contributed by atoms with Gasteiger partial charge in [0.05, 0.1) is 22.1 Å². The van der Waals surface area contributed by atoms with Crippen molar-refractivity contribution in [2.24, 2.45) is 0 Å². The Balaban J connectivity index is 0.699. The molecule has 6 aromatic rings. The number of nitrogens with one attached hydrogen (secondary N) is 9. The van der Waals surface area contributed by atoms with Crippen LogP contribution >= 0.6 is 11.6 Å². The molecule has 0 spiro atoms. The van der Waals surface area contributed by atoms with Crippen molar-refractivity contribution in [3.05, 3.63) is 159 Å². The lowest BCUT2D eigenvalue weighted by Crippen LogP contribution is -2.44. The molecule has 70 heavy (non-hydrogen) atoms. The van der Waals surface area contributed by atoms with Crippen LogP contribution in [0.1, 0.15) is 58.1 Å². The quantitative estimate of drug-likeness (QED) is 0.0512. The molecule has 9 N–H and O–H groups in total. The third-order valence-electron chi connectivity index (χ3n) is 12.7. The van der Waals surface area contributed by atoms with Crippen molar-refractivity contribution in [2.75, 3.05) is 58.1 Å². The van der Waals surface area contributed by atoms with Crippen molar-refractivity contribution in [3.63, 3.8) is 0 Å². The van der Waals surface area contributed by atoms with Crippen LogP contribution in [0.5, 0.6) is 0 Å². The Hall–Kier alpha value is -7.60. The van der Waals surface area contributed by atoms with Crippen molar-refractivity contribution in [1.29, 1.82) is 0 Å². The third-order valence-corrected chi connectivity index (χ3v) is 13.0. The lowest BCUT2D eigenvalue weighted by atomic mass is 9.89. The van der Waals surface area contributed by atoms with E-state index < -0.39 is 29.5 Å². The summed E-state index contributed by atoms with van der Waals surface area (Å²) in [7, 11) is 0. The van der Waals surface area contributed by atoms with Crippen LogP contribution in [0.4, 0.5) is 62.1 Å². The molecule has 3 atom stereocenters. The van der Waals surface area contributed by atoms with Gasteiger partial charge in [-0.1, -0.05) is 48.0 Å². The number of benzene rings is 3. The first-order chi connectivity index (χ1) is 34.0. The van der Waals surface area contributed by atoms with Crippen LogP contribution in [-0.2, 0) is 38.5 Å². The minimum absolute atomic E-state index is 0.114. The van der Waals surface area contributed by atoms with Crippen molar-refractivity contribution in [3.8, 4) is 0 Å². The number of aromatic nitrogens is 3. The highest BCUT2D eigenvalue weighted by molar-refractivity contribution is 6.33. The molecule has 9 rings (SSSR count). The monoisotopic (exact) mass is 972 g/mol. The Labute approximate surface area is 407 Å². The van der Waals surface area contributed by atoms with Gasteiger partial charge in [-0.25, -0.2) is 42.5 Å².